The lowest BCUT2D eigenvalue weighted by Crippen LogP contribution is -2.40. The first kappa shape index (κ1) is 19.1. The van der Waals surface area contributed by atoms with Crippen molar-refractivity contribution in [3.05, 3.63) is 18.0 Å². The third-order valence-corrected chi connectivity index (χ3v) is 5.82. The molecule has 1 amide bonds. The predicted octanol–water partition coefficient (Wildman–Crippen LogP) is 0.192. The number of hydrogen-bond donors (Lipinski definition) is 1. The number of carbonyl (C=O) groups excluding carboxylic acids is 1. The molecular weight excluding hydrogens is 356 g/mol. The molecule has 2 aromatic heterocycles. The van der Waals surface area contributed by atoms with Gasteiger partial charge < -0.3 is 15.1 Å². The number of aromatic nitrogens is 4. The molecule has 0 bridgehead atoms. The fourth-order valence-electron chi connectivity index (χ4n) is 4.02. The molecule has 0 saturated carbocycles. The lowest BCUT2D eigenvalue weighted by molar-refractivity contribution is -0.120. The Bertz CT molecular complexity index is 811. The van der Waals surface area contributed by atoms with Crippen LogP contribution in [0.1, 0.15) is 31.0 Å². The van der Waals surface area contributed by atoms with Gasteiger partial charge in [0.15, 0.2) is 11.5 Å². The molecule has 9 heteroatoms. The van der Waals surface area contributed by atoms with Crippen molar-refractivity contribution < 1.29 is 4.79 Å². The summed E-state index contributed by atoms with van der Waals surface area (Å²) >= 11 is 0. The quantitative estimate of drug-likeness (QED) is 0.786. The number of anilines is 1. The zero-order valence-corrected chi connectivity index (χ0v) is 16.8. The SMILES string of the molecule is CN(C)c1ccc2nnc(C3CCN(CCN4CCNC(=O)CC4)CC3)n2n1. The molecule has 152 valence electrons. The molecule has 2 aliphatic rings. The second kappa shape index (κ2) is 8.40. The molecule has 0 unspecified atom stereocenters. The van der Waals surface area contributed by atoms with Crippen LogP contribution in [0.2, 0.25) is 0 Å². The Morgan fingerprint density at radius 1 is 1.07 bits per heavy atom. The summed E-state index contributed by atoms with van der Waals surface area (Å²) in [4.78, 5) is 18.4. The zero-order chi connectivity index (χ0) is 19.5. The first-order valence-electron chi connectivity index (χ1n) is 10.2. The van der Waals surface area contributed by atoms with E-state index in [1.807, 2.05) is 35.6 Å². The van der Waals surface area contributed by atoms with Crippen molar-refractivity contribution in [2.24, 2.45) is 0 Å². The number of likely N-dealkylation sites (tertiary alicyclic amines) is 1. The van der Waals surface area contributed by atoms with Gasteiger partial charge in [-0.25, -0.2) is 0 Å². The van der Waals surface area contributed by atoms with Crippen molar-refractivity contribution in [3.63, 3.8) is 0 Å². The Balaban J connectivity index is 1.32. The standard InChI is InChI=1S/C19H30N8O/c1-24(2)17-4-3-16-21-22-19(27(16)23-17)15-5-9-25(10-6-15)13-14-26-11-7-18(28)20-8-12-26/h3-4,15H,5-14H2,1-2H3,(H,20,28). The molecule has 0 radical (unpaired) electrons. The summed E-state index contributed by atoms with van der Waals surface area (Å²) in [6.45, 7) is 6.81. The average molecular weight is 387 g/mol. The van der Waals surface area contributed by atoms with Crippen LogP contribution in [0.25, 0.3) is 5.65 Å². The lowest BCUT2D eigenvalue weighted by Gasteiger charge is -2.32. The first-order valence-corrected chi connectivity index (χ1v) is 10.2. The van der Waals surface area contributed by atoms with E-state index in [-0.39, 0.29) is 5.91 Å². The Morgan fingerprint density at radius 2 is 1.82 bits per heavy atom. The molecule has 0 aromatic carbocycles. The molecule has 28 heavy (non-hydrogen) atoms. The number of nitrogens with zero attached hydrogens (tertiary/aromatic N) is 7. The number of nitrogens with one attached hydrogen (secondary N) is 1. The van der Waals surface area contributed by atoms with Crippen molar-refractivity contribution in [2.45, 2.75) is 25.2 Å². The summed E-state index contributed by atoms with van der Waals surface area (Å²) < 4.78 is 1.91. The smallest absolute Gasteiger partial charge is 0.221 e. The van der Waals surface area contributed by atoms with Gasteiger partial charge in [-0.3, -0.25) is 9.69 Å². The summed E-state index contributed by atoms with van der Waals surface area (Å²) in [6, 6.07) is 3.96. The largest absolute Gasteiger partial charge is 0.361 e. The van der Waals surface area contributed by atoms with E-state index >= 15 is 0 Å². The van der Waals surface area contributed by atoms with Crippen molar-refractivity contribution in [1.29, 1.82) is 0 Å². The molecule has 2 aliphatic heterocycles. The van der Waals surface area contributed by atoms with Crippen molar-refractivity contribution in [3.8, 4) is 0 Å². The van der Waals surface area contributed by atoms with Gasteiger partial charge in [-0.1, -0.05) is 0 Å². The van der Waals surface area contributed by atoms with E-state index in [4.69, 9.17) is 5.10 Å². The molecular formula is C19H30N8O. The topological polar surface area (TPSA) is 81.9 Å². The molecule has 4 heterocycles. The number of piperidine rings is 1. The van der Waals surface area contributed by atoms with Crippen molar-refractivity contribution in [1.82, 2.24) is 34.9 Å². The molecule has 2 saturated heterocycles. The van der Waals surface area contributed by atoms with Crippen LogP contribution in [-0.4, -0.2) is 95.4 Å². The van der Waals surface area contributed by atoms with Crippen LogP contribution >= 0.6 is 0 Å². The highest BCUT2D eigenvalue weighted by atomic mass is 16.1. The van der Waals surface area contributed by atoms with E-state index < -0.39 is 0 Å². The van der Waals surface area contributed by atoms with Crippen LogP contribution < -0.4 is 10.2 Å². The summed E-state index contributed by atoms with van der Waals surface area (Å²) in [5.41, 5.74) is 0.812. The normalized spacial score (nSPS) is 20.3. The van der Waals surface area contributed by atoms with E-state index in [9.17, 15) is 4.79 Å². The van der Waals surface area contributed by atoms with E-state index in [0.29, 0.717) is 12.3 Å². The van der Waals surface area contributed by atoms with Gasteiger partial charge in [-0.2, -0.15) is 4.52 Å². The minimum atomic E-state index is 0.176. The van der Waals surface area contributed by atoms with Gasteiger partial charge in [0.2, 0.25) is 5.91 Å². The Hall–Kier alpha value is -2.26. The minimum Gasteiger partial charge on any atom is -0.361 e. The molecule has 9 nitrogen and oxygen atoms in total. The van der Waals surface area contributed by atoms with Gasteiger partial charge in [-0.05, 0) is 38.1 Å². The van der Waals surface area contributed by atoms with Gasteiger partial charge in [0.05, 0.1) is 0 Å². The third-order valence-electron chi connectivity index (χ3n) is 5.82. The maximum Gasteiger partial charge on any atom is 0.221 e. The van der Waals surface area contributed by atoms with Gasteiger partial charge in [0.25, 0.3) is 0 Å². The highest BCUT2D eigenvalue weighted by Gasteiger charge is 2.25. The predicted molar refractivity (Wildman–Crippen MR) is 108 cm³/mol. The minimum absolute atomic E-state index is 0.176. The summed E-state index contributed by atoms with van der Waals surface area (Å²) in [6.07, 6.45) is 2.77. The van der Waals surface area contributed by atoms with Crippen LogP contribution in [0.15, 0.2) is 12.1 Å². The Kier molecular flexibility index (Phi) is 5.72. The lowest BCUT2D eigenvalue weighted by atomic mass is 9.96. The van der Waals surface area contributed by atoms with Crippen LogP contribution in [0.3, 0.4) is 0 Å². The average Bonchev–Trinajstić information content (AvgIpc) is 3.01. The fourth-order valence-corrected chi connectivity index (χ4v) is 4.02. The molecule has 2 fully saturated rings. The number of hydrogen-bond acceptors (Lipinski definition) is 7. The molecule has 2 aromatic rings. The summed E-state index contributed by atoms with van der Waals surface area (Å²) in [5, 5.41) is 16.4. The molecule has 0 aliphatic carbocycles. The first-order chi connectivity index (χ1) is 13.6. The molecule has 1 N–H and O–H groups in total. The number of amides is 1. The van der Waals surface area contributed by atoms with Gasteiger partial charge >= 0.3 is 0 Å². The van der Waals surface area contributed by atoms with E-state index in [0.717, 1.165) is 75.9 Å². The zero-order valence-electron chi connectivity index (χ0n) is 16.8. The van der Waals surface area contributed by atoms with Gasteiger partial charge in [0.1, 0.15) is 5.82 Å². The molecule has 4 rings (SSSR count). The maximum atomic E-state index is 11.5. The van der Waals surface area contributed by atoms with Crippen LogP contribution in [0.4, 0.5) is 5.82 Å². The highest BCUT2D eigenvalue weighted by Crippen LogP contribution is 2.27. The highest BCUT2D eigenvalue weighted by molar-refractivity contribution is 5.76. The monoisotopic (exact) mass is 386 g/mol. The molecule has 0 atom stereocenters. The van der Waals surface area contributed by atoms with Crippen LogP contribution in [-0.2, 0) is 4.79 Å². The van der Waals surface area contributed by atoms with E-state index in [1.165, 1.54) is 0 Å². The van der Waals surface area contributed by atoms with Gasteiger partial charge in [0, 0.05) is 59.2 Å². The number of carbonyl (C=O) groups is 1. The summed E-state index contributed by atoms with van der Waals surface area (Å²) in [7, 11) is 3.99. The van der Waals surface area contributed by atoms with Crippen molar-refractivity contribution in [2.75, 3.05) is 64.8 Å². The summed E-state index contributed by atoms with van der Waals surface area (Å²) in [5.74, 6) is 2.47. The van der Waals surface area contributed by atoms with Gasteiger partial charge in [-0.15, -0.1) is 15.3 Å². The van der Waals surface area contributed by atoms with E-state index in [2.05, 4.69) is 25.3 Å². The van der Waals surface area contributed by atoms with Crippen LogP contribution in [0.5, 0.6) is 0 Å². The third kappa shape index (κ3) is 4.25. The number of fused-ring (bicyclic) bond motifs is 1. The van der Waals surface area contributed by atoms with Crippen LogP contribution in [0, 0.1) is 0 Å². The maximum absolute atomic E-state index is 11.5. The Morgan fingerprint density at radius 3 is 2.57 bits per heavy atom. The second-order valence-corrected chi connectivity index (χ2v) is 7.97. The fraction of sp³-hybridized carbons (Fsp3) is 0.684. The molecule has 0 spiro atoms. The number of rotatable bonds is 5. The Labute approximate surface area is 165 Å². The van der Waals surface area contributed by atoms with E-state index in [1.54, 1.807) is 0 Å². The van der Waals surface area contributed by atoms with Crippen molar-refractivity contribution >= 4 is 17.4 Å². The second-order valence-electron chi connectivity index (χ2n) is 7.97.